The van der Waals surface area contributed by atoms with E-state index in [-0.39, 0.29) is 23.3 Å². The Kier molecular flexibility index (Phi) is 6.12. The summed E-state index contributed by atoms with van der Waals surface area (Å²) in [5.41, 5.74) is -0.477. The molecule has 1 N–H and O–H groups in total. The van der Waals surface area contributed by atoms with Crippen LogP contribution in [0.15, 0.2) is 39.9 Å². The second-order valence-corrected chi connectivity index (χ2v) is 8.28. The second-order valence-electron chi connectivity index (χ2n) is 7.88. The van der Waals surface area contributed by atoms with Gasteiger partial charge in [0.15, 0.2) is 0 Å². The molecule has 1 saturated heterocycles. The lowest BCUT2D eigenvalue weighted by Crippen LogP contribution is -2.39. The van der Waals surface area contributed by atoms with Crippen molar-refractivity contribution >= 4 is 28.5 Å². The van der Waals surface area contributed by atoms with Crippen LogP contribution in [0.25, 0.3) is 11.0 Å². The molecule has 2 aromatic heterocycles. The van der Waals surface area contributed by atoms with Crippen LogP contribution in [0.4, 0.5) is 4.39 Å². The number of likely N-dealkylation sites (tertiary alicyclic amines) is 1. The smallest absolute Gasteiger partial charge is 0.332 e. The number of fused-ring (bicyclic) bond motifs is 1. The van der Waals surface area contributed by atoms with Gasteiger partial charge in [-0.1, -0.05) is 17.7 Å². The highest BCUT2D eigenvalue weighted by Gasteiger charge is 2.28. The number of aromatic nitrogens is 3. The Hall–Kier alpha value is -3.04. The molecule has 1 aliphatic heterocycles. The highest BCUT2D eigenvalue weighted by molar-refractivity contribution is 6.31. The maximum atomic E-state index is 14.6. The van der Waals surface area contributed by atoms with Crippen LogP contribution in [0, 0.1) is 5.82 Å². The summed E-state index contributed by atoms with van der Waals surface area (Å²) in [7, 11) is 2.87. The van der Waals surface area contributed by atoms with E-state index in [2.05, 4.69) is 15.2 Å². The summed E-state index contributed by atoms with van der Waals surface area (Å²) >= 11 is 6.30. The summed E-state index contributed by atoms with van der Waals surface area (Å²) in [5.74, 6) is -0.907. The molecule has 0 unspecified atom stereocenters. The second kappa shape index (κ2) is 8.84. The fourth-order valence-corrected chi connectivity index (χ4v) is 4.45. The fourth-order valence-electron chi connectivity index (χ4n) is 4.16. The van der Waals surface area contributed by atoms with Crippen LogP contribution >= 0.6 is 11.6 Å². The molecule has 1 aliphatic rings. The Morgan fingerprint density at radius 3 is 2.56 bits per heavy atom. The zero-order chi connectivity index (χ0) is 23.0. The SMILES string of the molecule is Cn1c(=O)c2ccc(C(=O)NC[C@H](c3c(F)cccc3Cl)N3CCCC3)nc2n(C)c1=O. The highest BCUT2D eigenvalue weighted by atomic mass is 35.5. The maximum absolute atomic E-state index is 14.6. The Bertz CT molecular complexity index is 1290. The van der Waals surface area contributed by atoms with E-state index in [4.69, 9.17) is 11.6 Å². The molecule has 10 heteroatoms. The number of hydrogen-bond acceptors (Lipinski definition) is 5. The van der Waals surface area contributed by atoms with Gasteiger partial charge < -0.3 is 5.32 Å². The molecule has 0 spiro atoms. The van der Waals surface area contributed by atoms with E-state index in [1.807, 2.05) is 0 Å². The third kappa shape index (κ3) is 3.93. The Balaban J connectivity index is 1.63. The van der Waals surface area contributed by atoms with Crippen molar-refractivity contribution in [1.82, 2.24) is 24.3 Å². The van der Waals surface area contributed by atoms with Crippen molar-refractivity contribution in [2.75, 3.05) is 19.6 Å². The molecule has 8 nitrogen and oxygen atoms in total. The van der Waals surface area contributed by atoms with Gasteiger partial charge in [0, 0.05) is 31.2 Å². The minimum atomic E-state index is -0.532. The van der Waals surface area contributed by atoms with E-state index in [1.54, 1.807) is 12.1 Å². The number of benzene rings is 1. The van der Waals surface area contributed by atoms with E-state index in [0.717, 1.165) is 30.5 Å². The maximum Gasteiger partial charge on any atom is 0.332 e. The van der Waals surface area contributed by atoms with E-state index >= 15 is 0 Å². The zero-order valence-corrected chi connectivity index (χ0v) is 18.5. The van der Waals surface area contributed by atoms with Crippen LogP contribution in [-0.2, 0) is 14.1 Å². The Morgan fingerprint density at radius 1 is 1.16 bits per heavy atom. The number of rotatable bonds is 5. The van der Waals surface area contributed by atoms with Crippen LogP contribution in [0.1, 0.15) is 34.9 Å². The third-order valence-corrected chi connectivity index (χ3v) is 6.23. The van der Waals surface area contributed by atoms with Gasteiger partial charge in [0.2, 0.25) is 0 Å². The van der Waals surface area contributed by atoms with E-state index < -0.39 is 29.0 Å². The van der Waals surface area contributed by atoms with Crippen LogP contribution in [0.5, 0.6) is 0 Å². The average Bonchev–Trinajstić information content (AvgIpc) is 3.32. The predicted molar refractivity (Wildman–Crippen MR) is 120 cm³/mol. The number of halogens is 2. The number of aryl methyl sites for hydroxylation is 1. The molecule has 0 saturated carbocycles. The Labute approximate surface area is 188 Å². The topological polar surface area (TPSA) is 89.2 Å². The van der Waals surface area contributed by atoms with Gasteiger partial charge in [-0.2, -0.15) is 0 Å². The number of pyridine rings is 1. The average molecular weight is 460 g/mol. The number of carbonyl (C=O) groups excluding carboxylic acids is 1. The van der Waals surface area contributed by atoms with Crippen LogP contribution in [0.2, 0.25) is 5.02 Å². The first-order valence-corrected chi connectivity index (χ1v) is 10.7. The lowest BCUT2D eigenvalue weighted by Gasteiger charge is -2.29. The highest BCUT2D eigenvalue weighted by Crippen LogP contribution is 2.32. The van der Waals surface area contributed by atoms with Gasteiger partial charge in [-0.25, -0.2) is 14.2 Å². The van der Waals surface area contributed by atoms with E-state index in [1.165, 1.54) is 36.9 Å². The normalized spacial score (nSPS) is 15.2. The summed E-state index contributed by atoms with van der Waals surface area (Å²) < 4.78 is 16.8. The first kappa shape index (κ1) is 22.2. The van der Waals surface area contributed by atoms with Crippen molar-refractivity contribution in [2.24, 2.45) is 14.1 Å². The van der Waals surface area contributed by atoms with Crippen molar-refractivity contribution in [3.05, 3.63) is 73.3 Å². The van der Waals surface area contributed by atoms with Gasteiger partial charge in [0.25, 0.3) is 11.5 Å². The van der Waals surface area contributed by atoms with Crippen LogP contribution < -0.4 is 16.6 Å². The number of hydrogen-bond donors (Lipinski definition) is 1. The van der Waals surface area contributed by atoms with Crippen molar-refractivity contribution in [3.63, 3.8) is 0 Å². The lowest BCUT2D eigenvalue weighted by atomic mass is 10.0. The molecule has 0 bridgehead atoms. The number of carbonyl (C=O) groups is 1. The molecule has 1 aromatic carbocycles. The number of nitrogens with one attached hydrogen (secondary N) is 1. The molecule has 168 valence electrons. The zero-order valence-electron chi connectivity index (χ0n) is 17.8. The summed E-state index contributed by atoms with van der Waals surface area (Å²) in [5, 5.41) is 3.36. The van der Waals surface area contributed by atoms with Crippen molar-refractivity contribution in [1.29, 1.82) is 0 Å². The molecule has 1 atom stereocenters. The fraction of sp³-hybridized carbons (Fsp3) is 0.364. The van der Waals surface area contributed by atoms with Gasteiger partial charge in [-0.05, 0) is 50.2 Å². The summed E-state index contributed by atoms with van der Waals surface area (Å²) in [6.45, 7) is 1.70. The summed E-state index contributed by atoms with van der Waals surface area (Å²) in [4.78, 5) is 43.7. The first-order valence-electron chi connectivity index (χ1n) is 10.3. The molecular weight excluding hydrogens is 437 g/mol. The van der Waals surface area contributed by atoms with Crippen molar-refractivity contribution < 1.29 is 9.18 Å². The number of amides is 1. The van der Waals surface area contributed by atoms with Gasteiger partial charge >= 0.3 is 5.69 Å². The molecule has 1 amide bonds. The van der Waals surface area contributed by atoms with Crippen molar-refractivity contribution in [2.45, 2.75) is 18.9 Å². The quantitative estimate of drug-likeness (QED) is 0.630. The van der Waals surface area contributed by atoms with E-state index in [9.17, 15) is 18.8 Å². The molecule has 0 radical (unpaired) electrons. The standard InChI is InChI=1S/C22H23ClFN5O3/c1-27-19-13(21(31)28(2)22(27)32)8-9-16(26-19)20(30)25-12-17(29-10-3-4-11-29)18-14(23)6-5-7-15(18)24/h5-9,17H,3-4,10-12H2,1-2H3,(H,25,30)/t17-/m1/s1. The predicted octanol–water partition coefficient (Wildman–Crippen LogP) is 1.99. The Morgan fingerprint density at radius 2 is 1.88 bits per heavy atom. The molecule has 3 aromatic rings. The number of nitrogens with zero attached hydrogens (tertiary/aromatic N) is 4. The molecule has 4 rings (SSSR count). The van der Waals surface area contributed by atoms with Crippen molar-refractivity contribution in [3.8, 4) is 0 Å². The monoisotopic (exact) mass is 459 g/mol. The molecule has 0 aliphatic carbocycles. The largest absolute Gasteiger partial charge is 0.349 e. The van der Waals surface area contributed by atoms with Gasteiger partial charge in [-0.15, -0.1) is 0 Å². The van der Waals surface area contributed by atoms with Crippen LogP contribution in [0.3, 0.4) is 0 Å². The molecule has 32 heavy (non-hydrogen) atoms. The minimum Gasteiger partial charge on any atom is -0.349 e. The van der Waals surface area contributed by atoms with E-state index in [0.29, 0.717) is 10.6 Å². The summed E-state index contributed by atoms with van der Waals surface area (Å²) in [6, 6.07) is 7.03. The minimum absolute atomic E-state index is 0.0561. The third-order valence-electron chi connectivity index (χ3n) is 5.90. The first-order chi connectivity index (χ1) is 15.3. The molecule has 1 fully saturated rings. The van der Waals surface area contributed by atoms with Gasteiger partial charge in [0.05, 0.1) is 11.4 Å². The summed E-state index contributed by atoms with van der Waals surface area (Å²) in [6.07, 6.45) is 1.98. The lowest BCUT2D eigenvalue weighted by molar-refractivity contribution is 0.0932. The van der Waals surface area contributed by atoms with Crippen LogP contribution in [-0.4, -0.2) is 44.6 Å². The molecule has 3 heterocycles. The van der Waals surface area contributed by atoms with Gasteiger partial charge in [-0.3, -0.25) is 23.6 Å². The van der Waals surface area contributed by atoms with Gasteiger partial charge in [0.1, 0.15) is 17.2 Å². The molecular formula is C22H23ClFN5O3.